The maximum absolute atomic E-state index is 12.2. The van der Waals surface area contributed by atoms with E-state index in [-0.39, 0.29) is 6.09 Å². The van der Waals surface area contributed by atoms with E-state index in [1.165, 1.54) is 0 Å². The van der Waals surface area contributed by atoms with Crippen molar-refractivity contribution >= 4 is 23.8 Å². The molecule has 0 unspecified atom stereocenters. The Kier molecular flexibility index (Phi) is 5.82. The van der Waals surface area contributed by atoms with Gasteiger partial charge < -0.3 is 20.3 Å². The third kappa shape index (κ3) is 4.88. The molecule has 2 aromatic carbocycles. The van der Waals surface area contributed by atoms with Crippen molar-refractivity contribution in [1.29, 1.82) is 0 Å². The van der Waals surface area contributed by atoms with Crippen LogP contribution in [-0.2, 0) is 4.74 Å². The Labute approximate surface area is 172 Å². The van der Waals surface area contributed by atoms with E-state index in [9.17, 15) is 9.59 Å². The van der Waals surface area contributed by atoms with E-state index in [1.807, 2.05) is 52.0 Å². The van der Waals surface area contributed by atoms with E-state index in [4.69, 9.17) is 10.5 Å². The minimum atomic E-state index is -0.486. The number of piperazine rings is 1. The maximum Gasteiger partial charge on any atom is 0.410 e. The number of rotatable bonds is 3. The smallest absolute Gasteiger partial charge is 0.410 e. The molecule has 6 heteroatoms. The summed E-state index contributed by atoms with van der Waals surface area (Å²) in [5.74, 6) is 0. The molecule has 1 fully saturated rings. The zero-order valence-electron chi connectivity index (χ0n) is 17.6. The number of hydrogen-bond acceptors (Lipinski definition) is 5. The van der Waals surface area contributed by atoms with Gasteiger partial charge in [0.1, 0.15) is 11.9 Å². The van der Waals surface area contributed by atoms with Crippen molar-refractivity contribution in [3.8, 4) is 11.1 Å². The molecule has 1 saturated heterocycles. The predicted octanol–water partition coefficient (Wildman–Crippen LogP) is 4.11. The first-order valence-corrected chi connectivity index (χ1v) is 9.86. The summed E-state index contributed by atoms with van der Waals surface area (Å²) in [5, 5.41) is 0. The Hall–Kier alpha value is -3.02. The highest BCUT2D eigenvalue weighted by Gasteiger charge is 2.26. The number of hydrogen-bond donors (Lipinski definition) is 1. The average molecular weight is 396 g/mol. The summed E-state index contributed by atoms with van der Waals surface area (Å²) >= 11 is 0. The first-order chi connectivity index (χ1) is 13.7. The third-order valence-electron chi connectivity index (χ3n) is 5.01. The van der Waals surface area contributed by atoms with Gasteiger partial charge in [-0.3, -0.25) is 4.79 Å². The molecule has 0 atom stereocenters. The Morgan fingerprint density at radius 2 is 1.69 bits per heavy atom. The average Bonchev–Trinajstić information content (AvgIpc) is 2.67. The Morgan fingerprint density at radius 3 is 2.24 bits per heavy atom. The molecule has 1 heterocycles. The fourth-order valence-corrected chi connectivity index (χ4v) is 3.53. The van der Waals surface area contributed by atoms with E-state index in [0.717, 1.165) is 41.8 Å². The summed E-state index contributed by atoms with van der Waals surface area (Å²) in [5.41, 5.74) is 11.3. The summed E-state index contributed by atoms with van der Waals surface area (Å²) in [4.78, 5) is 27.2. The summed E-state index contributed by atoms with van der Waals surface area (Å²) in [6.07, 6.45) is 0.585. The van der Waals surface area contributed by atoms with Crippen LogP contribution in [0.3, 0.4) is 0 Å². The van der Waals surface area contributed by atoms with Gasteiger partial charge in [-0.25, -0.2) is 4.79 Å². The lowest BCUT2D eigenvalue weighted by atomic mass is 9.97. The van der Waals surface area contributed by atoms with Gasteiger partial charge in [0.25, 0.3) is 0 Å². The molecule has 6 nitrogen and oxygen atoms in total. The number of nitrogen functional groups attached to an aromatic ring is 1. The van der Waals surface area contributed by atoms with Crippen LogP contribution in [0, 0.1) is 6.92 Å². The third-order valence-corrected chi connectivity index (χ3v) is 5.01. The predicted molar refractivity (Wildman–Crippen MR) is 116 cm³/mol. The van der Waals surface area contributed by atoms with E-state index < -0.39 is 5.60 Å². The zero-order valence-corrected chi connectivity index (χ0v) is 17.6. The number of amides is 1. The minimum absolute atomic E-state index is 0.263. The Morgan fingerprint density at radius 1 is 1.03 bits per heavy atom. The second-order valence-corrected chi connectivity index (χ2v) is 8.42. The standard InChI is InChI=1S/C23H29N3O3/c1-16-13-17(15-27)5-7-19(16)20-8-6-18(14-21(20)24)25-9-11-26(12-10-25)22(28)29-23(2,3)4/h5-8,13-15H,9-12,24H2,1-4H3. The Balaban J connectivity index is 1.70. The maximum atomic E-state index is 12.2. The lowest BCUT2D eigenvalue weighted by Gasteiger charge is -2.37. The molecule has 0 saturated carbocycles. The van der Waals surface area contributed by atoms with Crippen LogP contribution in [-0.4, -0.2) is 49.1 Å². The summed E-state index contributed by atoms with van der Waals surface area (Å²) in [7, 11) is 0. The van der Waals surface area contributed by atoms with Gasteiger partial charge in [-0.15, -0.1) is 0 Å². The van der Waals surface area contributed by atoms with Crippen LogP contribution in [0.5, 0.6) is 0 Å². The van der Waals surface area contributed by atoms with Gasteiger partial charge in [0, 0.05) is 48.7 Å². The van der Waals surface area contributed by atoms with Gasteiger partial charge in [0.2, 0.25) is 0 Å². The molecule has 0 radical (unpaired) electrons. The monoisotopic (exact) mass is 395 g/mol. The fraction of sp³-hybridized carbons (Fsp3) is 0.391. The summed E-state index contributed by atoms with van der Waals surface area (Å²) in [6, 6.07) is 11.7. The molecule has 1 aliphatic heterocycles. The molecule has 1 aliphatic rings. The summed E-state index contributed by atoms with van der Waals surface area (Å²) < 4.78 is 5.46. The van der Waals surface area contributed by atoms with Crippen LogP contribution < -0.4 is 10.6 Å². The number of nitrogens with two attached hydrogens (primary N) is 1. The van der Waals surface area contributed by atoms with Crippen molar-refractivity contribution in [3.05, 3.63) is 47.5 Å². The highest BCUT2D eigenvalue weighted by molar-refractivity contribution is 5.84. The number of nitrogens with zero attached hydrogens (tertiary/aromatic N) is 2. The highest BCUT2D eigenvalue weighted by atomic mass is 16.6. The van der Waals surface area contributed by atoms with Gasteiger partial charge in [0.15, 0.2) is 0 Å². The SMILES string of the molecule is Cc1cc(C=O)ccc1-c1ccc(N2CCN(C(=O)OC(C)(C)C)CC2)cc1N. The van der Waals surface area contributed by atoms with Crippen LogP contribution in [0.25, 0.3) is 11.1 Å². The van der Waals surface area contributed by atoms with Crippen LogP contribution in [0.1, 0.15) is 36.7 Å². The highest BCUT2D eigenvalue weighted by Crippen LogP contribution is 2.32. The fourth-order valence-electron chi connectivity index (χ4n) is 3.53. The van der Waals surface area contributed by atoms with Crippen LogP contribution in [0.15, 0.2) is 36.4 Å². The molecule has 0 aromatic heterocycles. The number of carbonyl (C=O) groups excluding carboxylic acids is 2. The number of ether oxygens (including phenoxy) is 1. The molecule has 1 amide bonds. The topological polar surface area (TPSA) is 75.9 Å². The number of carbonyl (C=O) groups is 2. The van der Waals surface area contributed by atoms with E-state index in [1.54, 1.807) is 11.0 Å². The van der Waals surface area contributed by atoms with Crippen molar-refractivity contribution in [1.82, 2.24) is 4.90 Å². The number of aryl methyl sites for hydroxylation is 1. The molecular formula is C23H29N3O3. The van der Waals surface area contributed by atoms with E-state index in [2.05, 4.69) is 11.0 Å². The van der Waals surface area contributed by atoms with Gasteiger partial charge in [0.05, 0.1) is 0 Å². The lowest BCUT2D eigenvalue weighted by molar-refractivity contribution is 0.0240. The normalized spacial score (nSPS) is 14.6. The van der Waals surface area contributed by atoms with E-state index >= 15 is 0 Å². The molecular weight excluding hydrogens is 366 g/mol. The molecule has 0 aliphatic carbocycles. The Bertz CT molecular complexity index is 910. The number of aldehydes is 1. The zero-order chi connectivity index (χ0) is 21.2. The molecule has 29 heavy (non-hydrogen) atoms. The largest absolute Gasteiger partial charge is 0.444 e. The lowest BCUT2D eigenvalue weighted by Crippen LogP contribution is -2.50. The van der Waals surface area contributed by atoms with Crippen molar-refractivity contribution in [2.75, 3.05) is 36.8 Å². The van der Waals surface area contributed by atoms with Crippen molar-refractivity contribution in [2.24, 2.45) is 0 Å². The first kappa shape index (κ1) is 20.7. The quantitative estimate of drug-likeness (QED) is 0.625. The van der Waals surface area contributed by atoms with Crippen LogP contribution in [0.2, 0.25) is 0 Å². The first-order valence-electron chi connectivity index (χ1n) is 9.86. The number of anilines is 2. The van der Waals surface area contributed by atoms with Crippen molar-refractivity contribution in [3.63, 3.8) is 0 Å². The second-order valence-electron chi connectivity index (χ2n) is 8.42. The van der Waals surface area contributed by atoms with Crippen LogP contribution >= 0.6 is 0 Å². The summed E-state index contributed by atoms with van der Waals surface area (Å²) in [6.45, 7) is 10.3. The van der Waals surface area contributed by atoms with Crippen molar-refractivity contribution < 1.29 is 14.3 Å². The molecule has 0 spiro atoms. The molecule has 0 bridgehead atoms. The molecule has 154 valence electrons. The second kappa shape index (κ2) is 8.15. The molecule has 2 N–H and O–H groups in total. The van der Waals surface area contributed by atoms with Crippen molar-refractivity contribution in [2.45, 2.75) is 33.3 Å². The van der Waals surface area contributed by atoms with Gasteiger partial charge in [-0.1, -0.05) is 18.2 Å². The van der Waals surface area contributed by atoms with E-state index in [0.29, 0.717) is 24.3 Å². The van der Waals surface area contributed by atoms with Crippen LogP contribution in [0.4, 0.5) is 16.2 Å². The number of benzene rings is 2. The molecule has 2 aromatic rings. The molecule has 3 rings (SSSR count). The van der Waals surface area contributed by atoms with Gasteiger partial charge in [-0.2, -0.15) is 0 Å². The van der Waals surface area contributed by atoms with Gasteiger partial charge >= 0.3 is 6.09 Å². The van der Waals surface area contributed by atoms with Gasteiger partial charge in [-0.05, 0) is 57.0 Å². The minimum Gasteiger partial charge on any atom is -0.444 e.